The number of benzene rings is 2. The van der Waals surface area contributed by atoms with Crippen molar-refractivity contribution in [2.75, 3.05) is 25.5 Å². The lowest BCUT2D eigenvalue weighted by molar-refractivity contribution is -0.125. The Labute approximate surface area is 201 Å². The molecule has 0 fully saturated rings. The normalized spacial score (nSPS) is 10.3. The van der Waals surface area contributed by atoms with Crippen LogP contribution in [0, 0.1) is 0 Å². The molecule has 0 radical (unpaired) electrons. The van der Waals surface area contributed by atoms with Gasteiger partial charge in [0.15, 0.2) is 5.88 Å². The van der Waals surface area contributed by atoms with Gasteiger partial charge in [-0.1, -0.05) is 43.0 Å². The van der Waals surface area contributed by atoms with Crippen LogP contribution in [0.15, 0.2) is 85.5 Å². The summed E-state index contributed by atoms with van der Waals surface area (Å²) in [6.07, 6.45) is 3.20. The number of allylic oxidation sites excluding steroid dienone is 2. The summed E-state index contributed by atoms with van der Waals surface area (Å²) in [6.45, 7) is 10.8. The highest BCUT2D eigenvalue weighted by Crippen LogP contribution is 2.17. The molecule has 0 aromatic heterocycles. The molecule has 0 aliphatic heterocycles. The zero-order valence-corrected chi connectivity index (χ0v) is 19.8. The van der Waals surface area contributed by atoms with Crippen molar-refractivity contribution in [3.8, 4) is 0 Å². The van der Waals surface area contributed by atoms with Crippen molar-refractivity contribution in [3.63, 3.8) is 0 Å². The molecule has 178 valence electrons. The number of nitrogens with one attached hydrogen (secondary N) is 2. The molecule has 0 saturated carbocycles. The third-order valence-corrected chi connectivity index (χ3v) is 4.85. The fourth-order valence-electron chi connectivity index (χ4n) is 3.08. The van der Waals surface area contributed by atoms with Crippen molar-refractivity contribution in [1.29, 1.82) is 0 Å². The van der Waals surface area contributed by atoms with Gasteiger partial charge < -0.3 is 26.0 Å². The number of hydrogen-bond donors (Lipinski definition) is 3. The summed E-state index contributed by atoms with van der Waals surface area (Å²) in [5, 5.41) is 5.82. The minimum atomic E-state index is -0.208. The topological polar surface area (TPSA) is 96.7 Å². The molecule has 2 aromatic carbocycles. The monoisotopic (exact) mass is 460 g/mol. The Morgan fingerprint density at radius 1 is 1.15 bits per heavy atom. The summed E-state index contributed by atoms with van der Waals surface area (Å²) < 4.78 is 5.33. The molecule has 34 heavy (non-hydrogen) atoms. The number of nitrogens with zero attached hydrogens (tertiary/aromatic N) is 1. The lowest BCUT2D eigenvalue weighted by Crippen LogP contribution is -2.29. The lowest BCUT2D eigenvalue weighted by Gasteiger charge is -2.16. The number of ether oxygens (including phenoxy) is 1. The molecule has 0 spiro atoms. The fraction of sp³-hybridized carbons (Fsp3) is 0.222. The number of rotatable bonds is 12. The second-order valence-electron chi connectivity index (χ2n) is 7.48. The molecule has 0 aliphatic carbocycles. The first-order chi connectivity index (χ1) is 16.4. The third kappa shape index (κ3) is 8.47. The van der Waals surface area contributed by atoms with E-state index in [0.717, 1.165) is 22.4 Å². The Kier molecular flexibility index (Phi) is 10.4. The average Bonchev–Trinajstić information content (AvgIpc) is 2.83. The summed E-state index contributed by atoms with van der Waals surface area (Å²) >= 11 is 0. The van der Waals surface area contributed by atoms with Crippen molar-refractivity contribution in [2.24, 2.45) is 5.73 Å². The highest BCUT2D eigenvalue weighted by Gasteiger charge is 2.08. The molecule has 7 heteroatoms. The number of hydrogen-bond acceptors (Lipinski definition) is 5. The number of amides is 2. The van der Waals surface area contributed by atoms with Crippen LogP contribution in [0.4, 0.5) is 5.69 Å². The van der Waals surface area contributed by atoms with E-state index in [1.54, 1.807) is 18.0 Å². The Bertz CT molecular complexity index is 1080. The maximum Gasteiger partial charge on any atom is 0.246 e. The molecule has 7 nitrogen and oxygen atoms in total. The zero-order valence-electron chi connectivity index (χ0n) is 19.8. The summed E-state index contributed by atoms with van der Waals surface area (Å²) in [7, 11) is 1.74. The summed E-state index contributed by atoms with van der Waals surface area (Å²) in [5.74, 6) is 0.121. The SMILES string of the molecule is C=C=C(/C=C\C(=O)N(C)Cc1cccc(NC(=C)OCC)c1)c1ccc(CNC(=O)CN)cc1. The Balaban J connectivity index is 1.97. The number of nitrogens with two attached hydrogens (primary N) is 1. The van der Waals surface area contributed by atoms with E-state index in [4.69, 9.17) is 10.5 Å². The molecular formula is C27H32N4O3. The van der Waals surface area contributed by atoms with Crippen molar-refractivity contribution in [3.05, 3.63) is 102 Å². The second kappa shape index (κ2) is 13.5. The Morgan fingerprint density at radius 3 is 2.53 bits per heavy atom. The average molecular weight is 461 g/mol. The largest absolute Gasteiger partial charge is 0.480 e. The van der Waals surface area contributed by atoms with E-state index in [9.17, 15) is 9.59 Å². The van der Waals surface area contributed by atoms with E-state index in [0.29, 0.717) is 31.2 Å². The molecule has 2 aromatic rings. The van der Waals surface area contributed by atoms with Gasteiger partial charge in [-0.15, -0.1) is 5.73 Å². The first-order valence-corrected chi connectivity index (χ1v) is 10.9. The van der Waals surface area contributed by atoms with Gasteiger partial charge in [-0.2, -0.15) is 0 Å². The summed E-state index contributed by atoms with van der Waals surface area (Å²) in [6, 6.07) is 15.3. The van der Waals surface area contributed by atoms with Crippen LogP contribution in [-0.4, -0.2) is 36.9 Å². The zero-order chi connectivity index (χ0) is 24.9. The summed E-state index contributed by atoms with van der Waals surface area (Å²) in [5.41, 5.74) is 12.5. The smallest absolute Gasteiger partial charge is 0.246 e. The molecular weight excluding hydrogens is 428 g/mol. The molecule has 0 bridgehead atoms. The third-order valence-electron chi connectivity index (χ3n) is 4.85. The second-order valence-corrected chi connectivity index (χ2v) is 7.48. The van der Waals surface area contributed by atoms with Crippen LogP contribution in [0.3, 0.4) is 0 Å². The quantitative estimate of drug-likeness (QED) is 0.195. The van der Waals surface area contributed by atoms with Gasteiger partial charge in [-0.3, -0.25) is 9.59 Å². The highest BCUT2D eigenvalue weighted by molar-refractivity contribution is 5.91. The summed E-state index contributed by atoms with van der Waals surface area (Å²) in [4.78, 5) is 25.6. The van der Waals surface area contributed by atoms with Crippen molar-refractivity contribution < 1.29 is 14.3 Å². The fourth-order valence-corrected chi connectivity index (χ4v) is 3.08. The van der Waals surface area contributed by atoms with Gasteiger partial charge in [0.05, 0.1) is 13.2 Å². The number of carbonyl (C=O) groups is 2. The molecule has 0 heterocycles. The van der Waals surface area contributed by atoms with E-state index in [-0.39, 0.29) is 18.4 Å². The van der Waals surface area contributed by atoms with Gasteiger partial charge in [0.2, 0.25) is 11.8 Å². The van der Waals surface area contributed by atoms with Crippen molar-refractivity contribution in [1.82, 2.24) is 10.2 Å². The predicted molar refractivity (Wildman–Crippen MR) is 136 cm³/mol. The van der Waals surface area contributed by atoms with Gasteiger partial charge in [-0.05, 0) is 48.4 Å². The first kappa shape index (κ1) is 26.2. The number of carbonyl (C=O) groups excluding carboxylic acids is 2. The Morgan fingerprint density at radius 2 is 1.88 bits per heavy atom. The van der Waals surface area contributed by atoms with Crippen LogP contribution in [0.25, 0.3) is 5.57 Å². The van der Waals surface area contributed by atoms with Crippen LogP contribution < -0.4 is 16.4 Å². The van der Waals surface area contributed by atoms with Crippen LogP contribution in [0.2, 0.25) is 0 Å². The predicted octanol–water partition coefficient (Wildman–Crippen LogP) is 3.56. The van der Waals surface area contributed by atoms with Crippen LogP contribution in [0.5, 0.6) is 0 Å². The van der Waals surface area contributed by atoms with E-state index in [1.807, 2.05) is 55.5 Å². The molecule has 0 atom stereocenters. The number of likely N-dealkylation sites (N-methyl/N-ethyl adjacent to an activating group) is 1. The van der Waals surface area contributed by atoms with Crippen LogP contribution >= 0.6 is 0 Å². The van der Waals surface area contributed by atoms with Gasteiger partial charge in [0.1, 0.15) is 0 Å². The molecule has 0 saturated heterocycles. The lowest BCUT2D eigenvalue weighted by atomic mass is 10.0. The number of anilines is 1. The van der Waals surface area contributed by atoms with Gasteiger partial charge >= 0.3 is 0 Å². The van der Waals surface area contributed by atoms with Crippen LogP contribution in [-0.2, 0) is 27.4 Å². The van der Waals surface area contributed by atoms with E-state index < -0.39 is 0 Å². The standard InChI is InChI=1S/C27H32N4O3/c1-5-23(24-12-10-21(11-13-24)18-29-26(32)17-28)14-15-27(33)31(4)19-22-8-7-9-25(16-22)30-20(3)34-6-2/h7-16,30H,1,3,6,17-19,28H2,2,4H3,(H,29,32)/b15-14-. The first-order valence-electron chi connectivity index (χ1n) is 10.9. The highest BCUT2D eigenvalue weighted by atomic mass is 16.5. The van der Waals surface area contributed by atoms with Crippen molar-refractivity contribution in [2.45, 2.75) is 20.0 Å². The molecule has 4 N–H and O–H groups in total. The minimum absolute atomic E-state index is 0.0410. The van der Waals surface area contributed by atoms with Gasteiger partial charge in [0, 0.05) is 37.5 Å². The maximum atomic E-state index is 12.7. The molecule has 0 unspecified atom stereocenters. The molecule has 2 rings (SSSR count). The van der Waals surface area contributed by atoms with Gasteiger partial charge in [-0.25, -0.2) is 0 Å². The van der Waals surface area contributed by atoms with Gasteiger partial charge in [0.25, 0.3) is 0 Å². The maximum absolute atomic E-state index is 12.7. The molecule has 2 amide bonds. The van der Waals surface area contributed by atoms with E-state index in [1.165, 1.54) is 6.08 Å². The Hall–Kier alpha value is -4.06. The van der Waals surface area contributed by atoms with E-state index in [2.05, 4.69) is 29.5 Å². The molecule has 0 aliphatic rings. The van der Waals surface area contributed by atoms with Crippen LogP contribution in [0.1, 0.15) is 23.6 Å². The minimum Gasteiger partial charge on any atom is -0.480 e. The van der Waals surface area contributed by atoms with Crippen molar-refractivity contribution >= 4 is 23.1 Å². The van der Waals surface area contributed by atoms with E-state index >= 15 is 0 Å².